The number of hydrogen-bond acceptors (Lipinski definition) is 6. The van der Waals surface area contributed by atoms with Gasteiger partial charge in [-0.05, 0) is 43.2 Å². The summed E-state index contributed by atoms with van der Waals surface area (Å²) in [4.78, 5) is 41.0. The number of nitro benzene ring substituents is 1. The molecule has 0 saturated carbocycles. The standard InChI is InChI=1S/C19H14BrClN4O5/c1-9-10(2)16(6-4-13(9)20)24-18(27)12(17(26)23-19(24)28)8-22-15-5-3-11(25(29)30)7-14(15)21/h3-8,27H,1-2H3,(H,23,26,28). The Morgan fingerprint density at radius 3 is 2.57 bits per heavy atom. The number of halogens is 2. The first-order valence-electron chi connectivity index (χ1n) is 8.44. The second-order valence-electron chi connectivity index (χ2n) is 6.30. The molecule has 2 N–H and O–H groups in total. The Bertz CT molecular complexity index is 1330. The molecule has 0 fully saturated rings. The fourth-order valence-electron chi connectivity index (χ4n) is 2.74. The SMILES string of the molecule is Cc1c(Br)ccc(-n2c(O)c(C=Nc3ccc([N+](=O)[O-])cc3Cl)c(=O)[nH]c2=O)c1C. The van der Waals surface area contributed by atoms with Crippen LogP contribution < -0.4 is 11.2 Å². The summed E-state index contributed by atoms with van der Waals surface area (Å²) in [5.74, 6) is -0.602. The van der Waals surface area contributed by atoms with Gasteiger partial charge in [-0.25, -0.2) is 9.36 Å². The lowest BCUT2D eigenvalue weighted by atomic mass is 10.1. The van der Waals surface area contributed by atoms with E-state index >= 15 is 0 Å². The molecule has 3 rings (SSSR count). The van der Waals surface area contributed by atoms with Crippen LogP contribution in [0.15, 0.2) is 49.4 Å². The molecule has 0 aliphatic rings. The van der Waals surface area contributed by atoms with E-state index in [0.717, 1.165) is 32.4 Å². The molecule has 11 heteroatoms. The van der Waals surface area contributed by atoms with Crippen LogP contribution in [0.3, 0.4) is 0 Å². The first kappa shape index (κ1) is 21.5. The summed E-state index contributed by atoms with van der Waals surface area (Å²) >= 11 is 9.40. The Morgan fingerprint density at radius 2 is 1.93 bits per heavy atom. The normalized spacial score (nSPS) is 11.2. The van der Waals surface area contributed by atoms with Crippen molar-refractivity contribution in [2.45, 2.75) is 13.8 Å². The molecule has 154 valence electrons. The van der Waals surface area contributed by atoms with Gasteiger partial charge in [-0.3, -0.25) is 24.9 Å². The van der Waals surface area contributed by atoms with Crippen LogP contribution in [0.25, 0.3) is 5.69 Å². The average molecular weight is 494 g/mol. The van der Waals surface area contributed by atoms with Crippen molar-refractivity contribution < 1.29 is 10.0 Å². The number of nitrogens with one attached hydrogen (secondary N) is 1. The molecular weight excluding hydrogens is 480 g/mol. The highest BCUT2D eigenvalue weighted by molar-refractivity contribution is 9.10. The molecule has 0 radical (unpaired) electrons. The van der Waals surface area contributed by atoms with Crippen molar-refractivity contribution in [2.75, 3.05) is 0 Å². The maximum Gasteiger partial charge on any atom is 0.335 e. The molecule has 0 amide bonds. The molecule has 0 atom stereocenters. The fourth-order valence-corrected chi connectivity index (χ4v) is 3.40. The zero-order chi connectivity index (χ0) is 22.2. The maximum absolute atomic E-state index is 12.4. The van der Waals surface area contributed by atoms with Crippen LogP contribution in [0.2, 0.25) is 5.02 Å². The van der Waals surface area contributed by atoms with Gasteiger partial charge in [0.2, 0.25) is 5.88 Å². The monoisotopic (exact) mass is 492 g/mol. The number of aliphatic imine (C=N–C) groups is 1. The summed E-state index contributed by atoms with van der Waals surface area (Å²) in [5, 5.41) is 21.5. The Labute approximate surface area is 182 Å². The van der Waals surface area contributed by atoms with Crippen molar-refractivity contribution in [1.29, 1.82) is 0 Å². The Hall–Kier alpha value is -3.24. The molecule has 2 aromatic carbocycles. The Morgan fingerprint density at radius 1 is 1.23 bits per heavy atom. The van der Waals surface area contributed by atoms with E-state index in [0.29, 0.717) is 5.69 Å². The van der Waals surface area contributed by atoms with Crippen LogP contribution in [0, 0.1) is 24.0 Å². The van der Waals surface area contributed by atoms with Gasteiger partial charge < -0.3 is 5.11 Å². The minimum Gasteiger partial charge on any atom is -0.493 e. The minimum absolute atomic E-state index is 0.0101. The van der Waals surface area contributed by atoms with E-state index in [1.807, 2.05) is 6.92 Å². The molecular formula is C19H14BrClN4O5. The van der Waals surface area contributed by atoms with Gasteiger partial charge in [0.25, 0.3) is 11.2 Å². The van der Waals surface area contributed by atoms with Gasteiger partial charge in [0.15, 0.2) is 0 Å². The summed E-state index contributed by atoms with van der Waals surface area (Å²) in [7, 11) is 0. The van der Waals surface area contributed by atoms with Crippen molar-refractivity contribution >= 4 is 45.1 Å². The van der Waals surface area contributed by atoms with Gasteiger partial charge in [0, 0.05) is 22.8 Å². The van der Waals surface area contributed by atoms with Crippen molar-refractivity contribution in [1.82, 2.24) is 9.55 Å². The number of aromatic nitrogens is 2. The molecule has 0 saturated heterocycles. The highest BCUT2D eigenvalue weighted by Crippen LogP contribution is 2.30. The summed E-state index contributed by atoms with van der Waals surface area (Å²) < 4.78 is 1.80. The third-order valence-electron chi connectivity index (χ3n) is 4.53. The predicted octanol–water partition coefficient (Wildman–Crippen LogP) is 3.92. The Balaban J connectivity index is 2.14. The number of non-ortho nitro benzene ring substituents is 1. The molecule has 30 heavy (non-hydrogen) atoms. The predicted molar refractivity (Wildman–Crippen MR) is 117 cm³/mol. The maximum atomic E-state index is 12.4. The number of aromatic amines is 1. The van der Waals surface area contributed by atoms with Crippen molar-refractivity contribution in [3.8, 4) is 11.6 Å². The van der Waals surface area contributed by atoms with Crippen molar-refractivity contribution in [3.63, 3.8) is 0 Å². The number of H-pyrrole nitrogens is 1. The lowest BCUT2D eigenvalue weighted by molar-refractivity contribution is -0.384. The molecule has 3 aromatic rings. The van der Waals surface area contributed by atoms with E-state index in [1.54, 1.807) is 19.1 Å². The van der Waals surface area contributed by atoms with E-state index in [4.69, 9.17) is 11.6 Å². The van der Waals surface area contributed by atoms with Crippen LogP contribution in [0.4, 0.5) is 11.4 Å². The third kappa shape index (κ3) is 3.91. The van der Waals surface area contributed by atoms with Gasteiger partial charge in [0.05, 0.1) is 21.3 Å². The smallest absolute Gasteiger partial charge is 0.335 e. The summed E-state index contributed by atoms with van der Waals surface area (Å²) in [6.07, 6.45) is 1.04. The molecule has 9 nitrogen and oxygen atoms in total. The minimum atomic E-state index is -0.845. The van der Waals surface area contributed by atoms with E-state index in [2.05, 4.69) is 25.9 Å². The number of nitrogens with zero attached hydrogens (tertiary/aromatic N) is 3. The van der Waals surface area contributed by atoms with Crippen molar-refractivity contribution in [3.05, 3.63) is 87.5 Å². The lowest BCUT2D eigenvalue weighted by Crippen LogP contribution is -2.31. The van der Waals surface area contributed by atoms with Crippen LogP contribution in [0.5, 0.6) is 5.88 Å². The zero-order valence-corrected chi connectivity index (χ0v) is 18.0. The first-order valence-corrected chi connectivity index (χ1v) is 9.61. The van der Waals surface area contributed by atoms with Gasteiger partial charge in [0.1, 0.15) is 5.56 Å². The van der Waals surface area contributed by atoms with E-state index in [1.165, 1.54) is 12.1 Å². The second-order valence-corrected chi connectivity index (χ2v) is 7.56. The number of hydrogen-bond donors (Lipinski definition) is 2. The molecule has 1 aromatic heterocycles. The zero-order valence-electron chi connectivity index (χ0n) is 15.6. The number of nitro groups is 1. The van der Waals surface area contributed by atoms with E-state index < -0.39 is 22.1 Å². The van der Waals surface area contributed by atoms with Gasteiger partial charge in [-0.15, -0.1) is 0 Å². The van der Waals surface area contributed by atoms with Crippen LogP contribution >= 0.6 is 27.5 Å². The summed E-state index contributed by atoms with van der Waals surface area (Å²) in [5.41, 5.74) is -0.0342. The van der Waals surface area contributed by atoms with Gasteiger partial charge >= 0.3 is 5.69 Å². The fraction of sp³-hybridized carbons (Fsp3) is 0.105. The molecule has 0 bridgehead atoms. The highest BCUT2D eigenvalue weighted by atomic mass is 79.9. The van der Waals surface area contributed by atoms with E-state index in [9.17, 15) is 24.8 Å². The average Bonchev–Trinajstić information content (AvgIpc) is 2.68. The van der Waals surface area contributed by atoms with Crippen LogP contribution in [0.1, 0.15) is 16.7 Å². The quantitative estimate of drug-likeness (QED) is 0.323. The van der Waals surface area contributed by atoms with Crippen LogP contribution in [-0.2, 0) is 0 Å². The van der Waals surface area contributed by atoms with Crippen molar-refractivity contribution in [2.24, 2.45) is 4.99 Å². The Kier molecular flexibility index (Phi) is 5.90. The summed E-state index contributed by atoms with van der Waals surface area (Å²) in [6, 6.07) is 6.98. The molecule has 0 aliphatic heterocycles. The molecule has 0 unspecified atom stereocenters. The second kappa shape index (κ2) is 8.25. The number of aromatic hydroxyl groups is 1. The number of rotatable bonds is 4. The molecule has 0 spiro atoms. The lowest BCUT2D eigenvalue weighted by Gasteiger charge is -2.14. The molecule has 1 heterocycles. The number of benzene rings is 2. The summed E-state index contributed by atoms with van der Waals surface area (Å²) in [6.45, 7) is 3.62. The van der Waals surface area contributed by atoms with E-state index in [-0.39, 0.29) is 22.0 Å². The van der Waals surface area contributed by atoms with Gasteiger partial charge in [-0.2, -0.15) is 0 Å². The highest BCUT2D eigenvalue weighted by Gasteiger charge is 2.17. The van der Waals surface area contributed by atoms with Gasteiger partial charge in [-0.1, -0.05) is 27.5 Å². The topological polar surface area (TPSA) is 131 Å². The molecule has 0 aliphatic carbocycles. The first-order chi connectivity index (χ1) is 14.1. The van der Waals surface area contributed by atoms with Crippen LogP contribution in [-0.4, -0.2) is 25.8 Å². The third-order valence-corrected chi connectivity index (χ3v) is 5.69. The largest absolute Gasteiger partial charge is 0.493 e.